The van der Waals surface area contributed by atoms with Crippen molar-refractivity contribution in [2.75, 3.05) is 20.3 Å². The molecule has 0 aliphatic heterocycles. The number of carboxylic acids is 1. The predicted molar refractivity (Wildman–Crippen MR) is 79.2 cm³/mol. The van der Waals surface area contributed by atoms with Gasteiger partial charge in [-0.1, -0.05) is 12.1 Å². The third kappa shape index (κ3) is 5.93. The summed E-state index contributed by atoms with van der Waals surface area (Å²) in [4.78, 5) is 23.2. The fourth-order valence-corrected chi connectivity index (χ4v) is 1.92. The van der Waals surface area contributed by atoms with Crippen molar-refractivity contribution in [2.45, 2.75) is 25.3 Å². The zero-order valence-electron chi connectivity index (χ0n) is 12.2. The number of rotatable bonds is 9. The van der Waals surface area contributed by atoms with Crippen LogP contribution in [0.3, 0.4) is 0 Å². The number of nitrogens with one attached hydrogen (secondary N) is 1. The number of carbonyl (C=O) groups excluding carboxylic acids is 1. The van der Waals surface area contributed by atoms with E-state index in [1.54, 1.807) is 19.2 Å². The maximum absolute atomic E-state index is 12.0. The average Bonchev–Trinajstić information content (AvgIpc) is 2.47. The van der Waals surface area contributed by atoms with Gasteiger partial charge in [-0.2, -0.15) is 0 Å². The Morgan fingerprint density at radius 3 is 2.52 bits per heavy atom. The van der Waals surface area contributed by atoms with E-state index in [0.29, 0.717) is 31.6 Å². The Morgan fingerprint density at radius 1 is 1.33 bits per heavy atom. The topological polar surface area (TPSA) is 102 Å². The fraction of sp³-hybridized carbons (Fsp3) is 0.467. The second kappa shape index (κ2) is 9.10. The Bertz CT molecular complexity index is 459. The molecule has 116 valence electrons. The number of ether oxygens (including phenoxy) is 1. The SMILES string of the molecule is COCCCC(NC(=O)c1ccc(CCN)cc1)C(=O)O. The smallest absolute Gasteiger partial charge is 0.326 e. The number of benzene rings is 1. The van der Waals surface area contributed by atoms with E-state index in [1.165, 1.54) is 0 Å². The summed E-state index contributed by atoms with van der Waals surface area (Å²) in [5.41, 5.74) is 6.94. The number of nitrogens with two attached hydrogens (primary N) is 1. The van der Waals surface area contributed by atoms with Gasteiger partial charge in [-0.25, -0.2) is 4.79 Å². The lowest BCUT2D eigenvalue weighted by Crippen LogP contribution is -2.40. The molecule has 0 heterocycles. The molecule has 0 bridgehead atoms. The highest BCUT2D eigenvalue weighted by molar-refractivity contribution is 5.96. The molecule has 6 nitrogen and oxygen atoms in total. The largest absolute Gasteiger partial charge is 0.480 e. The van der Waals surface area contributed by atoms with Crippen molar-refractivity contribution >= 4 is 11.9 Å². The van der Waals surface area contributed by atoms with Gasteiger partial charge in [0.1, 0.15) is 6.04 Å². The van der Waals surface area contributed by atoms with Gasteiger partial charge in [0, 0.05) is 19.3 Å². The molecule has 1 amide bonds. The van der Waals surface area contributed by atoms with E-state index in [9.17, 15) is 9.59 Å². The van der Waals surface area contributed by atoms with Gasteiger partial charge in [0.25, 0.3) is 5.91 Å². The summed E-state index contributed by atoms with van der Waals surface area (Å²) >= 11 is 0. The Hall–Kier alpha value is -1.92. The summed E-state index contributed by atoms with van der Waals surface area (Å²) in [6, 6.07) is 6.09. The molecule has 0 aromatic heterocycles. The number of hydrogen-bond acceptors (Lipinski definition) is 4. The van der Waals surface area contributed by atoms with Crippen LogP contribution < -0.4 is 11.1 Å². The molecule has 4 N–H and O–H groups in total. The molecular weight excluding hydrogens is 272 g/mol. The van der Waals surface area contributed by atoms with Crippen molar-refractivity contribution in [1.82, 2.24) is 5.32 Å². The molecule has 1 aromatic rings. The second-order valence-corrected chi connectivity index (χ2v) is 4.73. The third-order valence-corrected chi connectivity index (χ3v) is 3.09. The lowest BCUT2D eigenvalue weighted by molar-refractivity contribution is -0.139. The summed E-state index contributed by atoms with van der Waals surface area (Å²) in [6.07, 6.45) is 1.65. The van der Waals surface area contributed by atoms with Gasteiger partial charge in [0.05, 0.1) is 0 Å². The minimum absolute atomic E-state index is 0.334. The van der Waals surface area contributed by atoms with E-state index in [2.05, 4.69) is 5.32 Å². The zero-order chi connectivity index (χ0) is 15.7. The van der Waals surface area contributed by atoms with Crippen LogP contribution in [0, 0.1) is 0 Å². The van der Waals surface area contributed by atoms with Gasteiger partial charge in [-0.15, -0.1) is 0 Å². The molecule has 1 rings (SSSR count). The quantitative estimate of drug-likeness (QED) is 0.585. The lowest BCUT2D eigenvalue weighted by Gasteiger charge is -2.14. The van der Waals surface area contributed by atoms with E-state index in [1.807, 2.05) is 12.1 Å². The van der Waals surface area contributed by atoms with E-state index >= 15 is 0 Å². The minimum Gasteiger partial charge on any atom is -0.480 e. The van der Waals surface area contributed by atoms with Crippen LogP contribution in [0.2, 0.25) is 0 Å². The molecule has 0 spiro atoms. The molecule has 21 heavy (non-hydrogen) atoms. The molecule has 6 heteroatoms. The van der Waals surface area contributed by atoms with Crippen molar-refractivity contribution in [3.63, 3.8) is 0 Å². The van der Waals surface area contributed by atoms with Crippen LogP contribution in [0.25, 0.3) is 0 Å². The van der Waals surface area contributed by atoms with Gasteiger partial charge in [-0.05, 0) is 43.5 Å². The van der Waals surface area contributed by atoms with Crippen molar-refractivity contribution in [3.8, 4) is 0 Å². The molecule has 1 atom stereocenters. The highest BCUT2D eigenvalue weighted by Crippen LogP contribution is 2.06. The molecule has 0 fully saturated rings. The minimum atomic E-state index is -1.04. The summed E-state index contributed by atoms with van der Waals surface area (Å²) < 4.78 is 4.88. The first kappa shape index (κ1) is 17.1. The Labute approximate surface area is 124 Å². The van der Waals surface area contributed by atoms with Crippen LogP contribution >= 0.6 is 0 Å². The van der Waals surface area contributed by atoms with Gasteiger partial charge in [0.2, 0.25) is 0 Å². The monoisotopic (exact) mass is 294 g/mol. The molecule has 1 unspecified atom stereocenters. The van der Waals surface area contributed by atoms with Crippen LogP contribution in [0.1, 0.15) is 28.8 Å². The summed E-state index contributed by atoms with van der Waals surface area (Å²) in [5, 5.41) is 11.6. The zero-order valence-corrected chi connectivity index (χ0v) is 12.2. The summed E-state index contributed by atoms with van der Waals surface area (Å²) in [5.74, 6) is -1.43. The Balaban J connectivity index is 2.61. The van der Waals surface area contributed by atoms with Gasteiger partial charge in [-0.3, -0.25) is 4.79 Å². The predicted octanol–water partition coefficient (Wildman–Crippen LogP) is 0.797. The molecule has 0 radical (unpaired) electrons. The van der Waals surface area contributed by atoms with Crippen molar-refractivity contribution in [2.24, 2.45) is 5.73 Å². The van der Waals surface area contributed by atoms with E-state index in [4.69, 9.17) is 15.6 Å². The van der Waals surface area contributed by atoms with Crippen LogP contribution in [0.5, 0.6) is 0 Å². The van der Waals surface area contributed by atoms with Gasteiger partial charge >= 0.3 is 5.97 Å². The Morgan fingerprint density at radius 2 is 2.00 bits per heavy atom. The van der Waals surface area contributed by atoms with Crippen molar-refractivity contribution in [1.29, 1.82) is 0 Å². The molecule has 0 aliphatic rings. The Kier molecular flexibility index (Phi) is 7.42. The summed E-state index contributed by atoms with van der Waals surface area (Å²) in [6.45, 7) is 1.01. The summed E-state index contributed by atoms with van der Waals surface area (Å²) in [7, 11) is 1.55. The van der Waals surface area contributed by atoms with Crippen LogP contribution in [0.4, 0.5) is 0 Å². The number of carboxylic acid groups (broad SMARTS) is 1. The lowest BCUT2D eigenvalue weighted by atomic mass is 10.1. The first-order valence-electron chi connectivity index (χ1n) is 6.90. The van der Waals surface area contributed by atoms with E-state index < -0.39 is 12.0 Å². The highest BCUT2D eigenvalue weighted by Gasteiger charge is 2.20. The van der Waals surface area contributed by atoms with Gasteiger partial charge in [0.15, 0.2) is 0 Å². The fourth-order valence-electron chi connectivity index (χ4n) is 1.92. The number of hydrogen-bond donors (Lipinski definition) is 3. The molecule has 0 saturated carbocycles. The number of amides is 1. The maximum Gasteiger partial charge on any atom is 0.326 e. The van der Waals surface area contributed by atoms with E-state index in [0.717, 1.165) is 12.0 Å². The normalized spacial score (nSPS) is 11.9. The van der Waals surface area contributed by atoms with Crippen molar-refractivity contribution in [3.05, 3.63) is 35.4 Å². The van der Waals surface area contributed by atoms with Crippen LogP contribution in [0.15, 0.2) is 24.3 Å². The molecular formula is C15H22N2O4. The molecule has 0 aliphatic carbocycles. The number of aliphatic carboxylic acids is 1. The van der Waals surface area contributed by atoms with Crippen LogP contribution in [-0.4, -0.2) is 43.3 Å². The first-order valence-corrected chi connectivity index (χ1v) is 6.90. The van der Waals surface area contributed by atoms with Crippen LogP contribution in [-0.2, 0) is 16.0 Å². The standard InChI is InChI=1S/C15H22N2O4/c1-21-10-2-3-13(15(19)20)17-14(18)12-6-4-11(5-7-12)8-9-16/h4-7,13H,2-3,8-10,16H2,1H3,(H,17,18)(H,19,20). The van der Waals surface area contributed by atoms with Crippen molar-refractivity contribution < 1.29 is 19.4 Å². The maximum atomic E-state index is 12.0. The van der Waals surface area contributed by atoms with E-state index in [-0.39, 0.29) is 5.91 Å². The average molecular weight is 294 g/mol. The second-order valence-electron chi connectivity index (χ2n) is 4.73. The number of carbonyl (C=O) groups is 2. The number of methoxy groups -OCH3 is 1. The van der Waals surface area contributed by atoms with Gasteiger partial charge < -0.3 is 20.9 Å². The molecule has 0 saturated heterocycles. The first-order chi connectivity index (χ1) is 10.1. The highest BCUT2D eigenvalue weighted by atomic mass is 16.5. The molecule has 1 aromatic carbocycles. The third-order valence-electron chi connectivity index (χ3n) is 3.09.